The van der Waals surface area contributed by atoms with Gasteiger partial charge in [0.25, 0.3) is 5.91 Å². The zero-order valence-electron chi connectivity index (χ0n) is 12.2. The third-order valence-electron chi connectivity index (χ3n) is 3.76. The van der Waals surface area contributed by atoms with E-state index in [1.807, 2.05) is 17.9 Å². The van der Waals surface area contributed by atoms with Crippen molar-refractivity contribution in [2.75, 3.05) is 26.3 Å². The number of carbonyl (C=O) groups is 1. The molecule has 1 aromatic rings. The number of carbonyl (C=O) groups excluding carboxylic acids is 1. The molecule has 4 nitrogen and oxygen atoms in total. The average molecular weight is 297 g/mol. The van der Waals surface area contributed by atoms with Crippen LogP contribution in [-0.4, -0.2) is 48.3 Å². The number of hydrogen-bond donors (Lipinski definition) is 1. The number of likely N-dealkylation sites (tertiary alicyclic amines) is 1. The minimum Gasteiger partial charge on any atom is -0.396 e. The molecule has 0 aliphatic carbocycles. The van der Waals surface area contributed by atoms with Crippen molar-refractivity contribution >= 4 is 17.2 Å². The number of aliphatic hydroxyl groups is 1. The van der Waals surface area contributed by atoms with Crippen molar-refractivity contribution in [2.45, 2.75) is 39.2 Å². The molecule has 0 atom stereocenters. The molecule has 0 radical (unpaired) electrons. The number of hydrogen-bond acceptors (Lipinski definition) is 4. The maximum absolute atomic E-state index is 12.4. The fourth-order valence-corrected chi connectivity index (χ4v) is 3.38. The summed E-state index contributed by atoms with van der Waals surface area (Å²) < 4.78 is 5.68. The van der Waals surface area contributed by atoms with Crippen LogP contribution < -0.4 is 0 Å². The topological polar surface area (TPSA) is 49.8 Å². The fourth-order valence-electron chi connectivity index (χ4n) is 2.37. The molecule has 0 unspecified atom stereocenters. The van der Waals surface area contributed by atoms with Crippen LogP contribution in [0.5, 0.6) is 0 Å². The molecule has 1 fully saturated rings. The number of rotatable bonds is 5. The normalized spacial score (nSPS) is 16.6. The molecule has 2 heterocycles. The highest BCUT2D eigenvalue weighted by Crippen LogP contribution is 2.24. The lowest BCUT2D eigenvalue weighted by atomic mass is 10.1. The molecule has 5 heteroatoms. The third kappa shape index (κ3) is 3.81. The number of thiophene rings is 1. The summed E-state index contributed by atoms with van der Waals surface area (Å²) in [6, 6.07) is 1.99. The van der Waals surface area contributed by atoms with Crippen LogP contribution in [0.3, 0.4) is 0 Å². The molecule has 1 aliphatic rings. The molecule has 112 valence electrons. The summed E-state index contributed by atoms with van der Waals surface area (Å²) in [5.41, 5.74) is 1.19. The molecule has 2 rings (SSSR count). The van der Waals surface area contributed by atoms with Gasteiger partial charge in [0, 0.05) is 31.2 Å². The van der Waals surface area contributed by atoms with Gasteiger partial charge in [-0.1, -0.05) is 0 Å². The van der Waals surface area contributed by atoms with E-state index < -0.39 is 0 Å². The molecule has 1 aromatic heterocycles. The first kappa shape index (κ1) is 15.5. The number of aliphatic hydroxyl groups excluding tert-OH is 1. The Morgan fingerprint density at radius 3 is 2.70 bits per heavy atom. The Morgan fingerprint density at radius 1 is 1.45 bits per heavy atom. The molecular weight excluding hydrogens is 274 g/mol. The minimum atomic E-state index is 0.153. The second kappa shape index (κ2) is 7.20. The van der Waals surface area contributed by atoms with Crippen molar-refractivity contribution in [3.63, 3.8) is 0 Å². The van der Waals surface area contributed by atoms with Crippen molar-refractivity contribution in [1.29, 1.82) is 0 Å². The Balaban J connectivity index is 1.82. The van der Waals surface area contributed by atoms with Gasteiger partial charge >= 0.3 is 0 Å². The Bertz CT molecular complexity index is 430. The molecule has 20 heavy (non-hydrogen) atoms. The first-order chi connectivity index (χ1) is 9.61. The monoisotopic (exact) mass is 297 g/mol. The lowest BCUT2D eigenvalue weighted by Crippen LogP contribution is -2.40. The van der Waals surface area contributed by atoms with E-state index in [2.05, 4.69) is 6.92 Å². The van der Waals surface area contributed by atoms with Gasteiger partial charge in [-0.05, 0) is 44.7 Å². The Labute approximate surface area is 124 Å². The second-order valence-corrected chi connectivity index (χ2v) is 6.55. The van der Waals surface area contributed by atoms with E-state index in [0.717, 1.165) is 30.8 Å². The van der Waals surface area contributed by atoms with Crippen molar-refractivity contribution < 1.29 is 14.6 Å². The summed E-state index contributed by atoms with van der Waals surface area (Å²) >= 11 is 1.58. The highest BCUT2D eigenvalue weighted by Gasteiger charge is 2.25. The summed E-state index contributed by atoms with van der Waals surface area (Å²) in [4.78, 5) is 16.4. The van der Waals surface area contributed by atoms with Crippen LogP contribution in [0, 0.1) is 13.8 Å². The van der Waals surface area contributed by atoms with Crippen LogP contribution in [0.15, 0.2) is 6.07 Å². The second-order valence-electron chi connectivity index (χ2n) is 5.29. The zero-order chi connectivity index (χ0) is 14.5. The molecule has 1 aliphatic heterocycles. The lowest BCUT2D eigenvalue weighted by Gasteiger charge is -2.31. The van der Waals surface area contributed by atoms with Crippen LogP contribution in [0.2, 0.25) is 0 Å². The average Bonchev–Trinajstić information content (AvgIpc) is 2.79. The Hall–Kier alpha value is -0.910. The number of piperidine rings is 1. The Morgan fingerprint density at radius 2 is 2.15 bits per heavy atom. The van der Waals surface area contributed by atoms with Crippen LogP contribution in [0.25, 0.3) is 0 Å². The predicted octanol–water partition coefficient (Wildman–Crippen LogP) is 2.37. The van der Waals surface area contributed by atoms with Gasteiger partial charge in [-0.15, -0.1) is 11.3 Å². The molecular formula is C15H23NO3S. The zero-order valence-corrected chi connectivity index (χ0v) is 13.0. The highest BCUT2D eigenvalue weighted by atomic mass is 32.1. The van der Waals surface area contributed by atoms with Gasteiger partial charge < -0.3 is 14.7 Å². The van der Waals surface area contributed by atoms with E-state index in [1.54, 1.807) is 11.3 Å². The van der Waals surface area contributed by atoms with Gasteiger partial charge in [-0.3, -0.25) is 4.79 Å². The molecule has 1 saturated heterocycles. The minimum absolute atomic E-state index is 0.153. The van der Waals surface area contributed by atoms with Crippen LogP contribution in [0.1, 0.15) is 39.4 Å². The maximum atomic E-state index is 12.4. The SMILES string of the molecule is Cc1cc(C(=O)N2CCC(OCCCO)CC2)sc1C. The summed E-state index contributed by atoms with van der Waals surface area (Å²) in [5.74, 6) is 0.153. The van der Waals surface area contributed by atoms with E-state index in [4.69, 9.17) is 9.84 Å². The number of amides is 1. The van der Waals surface area contributed by atoms with Gasteiger partial charge in [0.15, 0.2) is 0 Å². The van der Waals surface area contributed by atoms with E-state index in [0.29, 0.717) is 13.0 Å². The first-order valence-electron chi connectivity index (χ1n) is 7.20. The Kier molecular flexibility index (Phi) is 5.57. The summed E-state index contributed by atoms with van der Waals surface area (Å²) in [6.07, 6.45) is 2.70. The quantitative estimate of drug-likeness (QED) is 0.849. The van der Waals surface area contributed by atoms with Crippen LogP contribution in [0.4, 0.5) is 0 Å². The maximum Gasteiger partial charge on any atom is 0.263 e. The summed E-state index contributed by atoms with van der Waals surface area (Å²) in [6.45, 7) is 6.41. The first-order valence-corrected chi connectivity index (χ1v) is 8.02. The summed E-state index contributed by atoms with van der Waals surface area (Å²) in [7, 11) is 0. The van der Waals surface area contributed by atoms with Gasteiger partial charge in [-0.25, -0.2) is 0 Å². The smallest absolute Gasteiger partial charge is 0.263 e. The largest absolute Gasteiger partial charge is 0.396 e. The number of ether oxygens (including phenoxy) is 1. The fraction of sp³-hybridized carbons (Fsp3) is 0.667. The molecule has 0 aromatic carbocycles. The van der Waals surface area contributed by atoms with Gasteiger partial charge in [0.2, 0.25) is 0 Å². The number of aryl methyl sites for hydroxylation is 2. The van der Waals surface area contributed by atoms with Crippen LogP contribution >= 0.6 is 11.3 Å². The van der Waals surface area contributed by atoms with Crippen molar-refractivity contribution in [3.8, 4) is 0 Å². The van der Waals surface area contributed by atoms with Crippen molar-refractivity contribution in [3.05, 3.63) is 21.4 Å². The third-order valence-corrected chi connectivity index (χ3v) is 4.90. The summed E-state index contributed by atoms with van der Waals surface area (Å²) in [5, 5.41) is 8.73. The molecule has 0 bridgehead atoms. The van der Waals surface area contributed by atoms with Gasteiger partial charge in [0.05, 0.1) is 11.0 Å². The standard InChI is InChI=1S/C15H23NO3S/c1-11-10-14(20-12(11)2)15(18)16-6-4-13(5-7-16)19-9-3-8-17/h10,13,17H,3-9H2,1-2H3. The van der Waals surface area contributed by atoms with E-state index in [1.165, 1.54) is 10.4 Å². The van der Waals surface area contributed by atoms with Crippen LogP contribution in [-0.2, 0) is 4.74 Å². The van der Waals surface area contributed by atoms with E-state index in [9.17, 15) is 4.79 Å². The molecule has 1 N–H and O–H groups in total. The number of nitrogens with zero attached hydrogens (tertiary/aromatic N) is 1. The van der Waals surface area contributed by atoms with E-state index in [-0.39, 0.29) is 18.6 Å². The lowest BCUT2D eigenvalue weighted by molar-refractivity contribution is 0.00409. The van der Waals surface area contributed by atoms with Gasteiger partial charge in [0.1, 0.15) is 0 Å². The molecule has 1 amide bonds. The molecule has 0 saturated carbocycles. The predicted molar refractivity (Wildman–Crippen MR) is 80.4 cm³/mol. The van der Waals surface area contributed by atoms with Crippen molar-refractivity contribution in [2.24, 2.45) is 0 Å². The van der Waals surface area contributed by atoms with E-state index >= 15 is 0 Å². The molecule has 0 spiro atoms. The van der Waals surface area contributed by atoms with Crippen molar-refractivity contribution in [1.82, 2.24) is 4.90 Å². The highest BCUT2D eigenvalue weighted by molar-refractivity contribution is 7.14. The van der Waals surface area contributed by atoms with Gasteiger partial charge in [-0.2, -0.15) is 0 Å².